The average molecular weight is 341 g/mol. The smallest absolute Gasteiger partial charge is 0.187 e. The van der Waals surface area contributed by atoms with Crippen molar-refractivity contribution >= 4 is 40.8 Å². The molecule has 22 heavy (non-hydrogen) atoms. The fourth-order valence-electron chi connectivity index (χ4n) is 2.11. The Kier molecular flexibility index (Phi) is 6.42. The molecule has 2 rings (SSSR count). The van der Waals surface area contributed by atoms with Gasteiger partial charge in [-0.1, -0.05) is 11.6 Å². The Morgan fingerprint density at radius 3 is 3.00 bits per heavy atom. The molecule has 0 radical (unpaired) electrons. The molecule has 1 heterocycles. The van der Waals surface area contributed by atoms with E-state index >= 15 is 0 Å². The first kappa shape index (κ1) is 17.0. The zero-order valence-corrected chi connectivity index (χ0v) is 14.4. The highest BCUT2D eigenvalue weighted by molar-refractivity contribution is 7.80. The molecule has 5 nitrogen and oxygen atoms in total. The van der Waals surface area contributed by atoms with Gasteiger partial charge in [-0.2, -0.15) is 5.10 Å². The molecule has 1 aliphatic heterocycles. The van der Waals surface area contributed by atoms with Crippen molar-refractivity contribution in [2.45, 2.75) is 18.9 Å². The van der Waals surface area contributed by atoms with Crippen molar-refractivity contribution in [2.24, 2.45) is 5.10 Å². The van der Waals surface area contributed by atoms with E-state index in [1.54, 1.807) is 6.21 Å². The van der Waals surface area contributed by atoms with Crippen molar-refractivity contribution in [1.29, 1.82) is 0 Å². The van der Waals surface area contributed by atoms with Gasteiger partial charge >= 0.3 is 0 Å². The minimum absolute atomic E-state index is 0.247. The Balaban J connectivity index is 1.80. The second-order valence-electron chi connectivity index (χ2n) is 5.32. The number of hydrogen-bond donors (Lipinski definition) is 2. The van der Waals surface area contributed by atoms with Gasteiger partial charge in [0.25, 0.3) is 0 Å². The summed E-state index contributed by atoms with van der Waals surface area (Å²) in [6.45, 7) is 1.55. The molecule has 120 valence electrons. The number of rotatable bonds is 5. The summed E-state index contributed by atoms with van der Waals surface area (Å²) in [4.78, 5) is 2.00. The van der Waals surface area contributed by atoms with Gasteiger partial charge < -0.3 is 15.0 Å². The molecule has 0 amide bonds. The monoisotopic (exact) mass is 340 g/mol. The van der Waals surface area contributed by atoms with E-state index in [2.05, 4.69) is 15.8 Å². The van der Waals surface area contributed by atoms with Gasteiger partial charge in [0.2, 0.25) is 0 Å². The van der Waals surface area contributed by atoms with Crippen LogP contribution >= 0.6 is 23.8 Å². The molecule has 0 saturated carbocycles. The van der Waals surface area contributed by atoms with Gasteiger partial charge in [0.1, 0.15) is 0 Å². The number of nitrogens with one attached hydrogen (secondary N) is 2. The highest BCUT2D eigenvalue weighted by atomic mass is 35.5. The normalized spacial score (nSPS) is 17.7. The summed E-state index contributed by atoms with van der Waals surface area (Å²) < 4.78 is 5.51. The van der Waals surface area contributed by atoms with Crippen molar-refractivity contribution in [2.75, 3.05) is 32.1 Å². The molecule has 1 unspecified atom stereocenters. The molecule has 0 bridgehead atoms. The summed E-state index contributed by atoms with van der Waals surface area (Å²) in [6, 6.07) is 5.81. The summed E-state index contributed by atoms with van der Waals surface area (Å²) in [6.07, 6.45) is 4.09. The average Bonchev–Trinajstić information content (AvgIpc) is 3.00. The largest absolute Gasteiger partial charge is 0.378 e. The predicted molar refractivity (Wildman–Crippen MR) is 96.1 cm³/mol. The first-order valence-corrected chi connectivity index (χ1v) is 8.00. The summed E-state index contributed by atoms with van der Waals surface area (Å²) in [5.41, 5.74) is 4.66. The molecule has 2 N–H and O–H groups in total. The molecule has 1 aromatic carbocycles. The van der Waals surface area contributed by atoms with Crippen LogP contribution in [-0.4, -0.2) is 44.7 Å². The topological polar surface area (TPSA) is 48.9 Å². The van der Waals surface area contributed by atoms with Crippen molar-refractivity contribution in [3.8, 4) is 0 Å². The Morgan fingerprint density at radius 1 is 1.55 bits per heavy atom. The van der Waals surface area contributed by atoms with E-state index in [4.69, 9.17) is 28.6 Å². The second kappa shape index (κ2) is 8.31. The van der Waals surface area contributed by atoms with Crippen LogP contribution in [0, 0.1) is 0 Å². The molecule has 1 fully saturated rings. The number of ether oxygens (including phenoxy) is 1. The zero-order chi connectivity index (χ0) is 15.9. The Morgan fingerprint density at radius 2 is 2.36 bits per heavy atom. The predicted octanol–water partition coefficient (Wildman–Crippen LogP) is 2.38. The summed E-state index contributed by atoms with van der Waals surface area (Å²) in [7, 11) is 3.94. The minimum atomic E-state index is 0.247. The number of benzene rings is 1. The van der Waals surface area contributed by atoms with Crippen LogP contribution in [0.15, 0.2) is 23.3 Å². The number of nitrogens with zero attached hydrogens (tertiary/aromatic N) is 2. The van der Waals surface area contributed by atoms with Crippen LogP contribution in [0.4, 0.5) is 5.69 Å². The molecule has 1 aromatic rings. The number of hydrazone groups is 1. The second-order valence-corrected chi connectivity index (χ2v) is 6.13. The summed E-state index contributed by atoms with van der Waals surface area (Å²) in [5.74, 6) is 0. The molecule has 1 saturated heterocycles. The Labute approximate surface area is 141 Å². The van der Waals surface area contributed by atoms with E-state index in [-0.39, 0.29) is 6.10 Å². The number of halogens is 1. The van der Waals surface area contributed by atoms with Crippen LogP contribution in [0.2, 0.25) is 5.02 Å². The van der Waals surface area contributed by atoms with Crippen LogP contribution in [0.3, 0.4) is 0 Å². The van der Waals surface area contributed by atoms with Gasteiger partial charge in [0.15, 0.2) is 5.11 Å². The molecule has 0 aromatic heterocycles. The quantitative estimate of drug-likeness (QED) is 0.489. The van der Waals surface area contributed by atoms with Crippen molar-refractivity contribution < 1.29 is 4.74 Å². The van der Waals surface area contributed by atoms with Crippen molar-refractivity contribution in [1.82, 2.24) is 10.7 Å². The third kappa shape index (κ3) is 5.12. The van der Waals surface area contributed by atoms with Crippen LogP contribution < -0.4 is 15.6 Å². The van der Waals surface area contributed by atoms with Gasteiger partial charge in [-0.25, -0.2) is 0 Å². The van der Waals surface area contributed by atoms with E-state index in [9.17, 15) is 0 Å². The Bertz CT molecular complexity index is 544. The maximum atomic E-state index is 6.23. The van der Waals surface area contributed by atoms with E-state index in [0.29, 0.717) is 16.7 Å². The molecule has 7 heteroatoms. The first-order chi connectivity index (χ1) is 10.6. The van der Waals surface area contributed by atoms with Gasteiger partial charge in [-0.05, 0) is 43.3 Å². The molecular weight excluding hydrogens is 320 g/mol. The molecular formula is C15H21ClN4OS. The third-order valence-corrected chi connectivity index (χ3v) is 3.95. The maximum absolute atomic E-state index is 6.23. The third-order valence-electron chi connectivity index (χ3n) is 3.38. The zero-order valence-electron chi connectivity index (χ0n) is 12.8. The highest BCUT2D eigenvalue weighted by Crippen LogP contribution is 2.21. The lowest BCUT2D eigenvalue weighted by Crippen LogP contribution is -2.37. The lowest BCUT2D eigenvalue weighted by molar-refractivity contribution is 0.114. The molecule has 0 spiro atoms. The van der Waals surface area contributed by atoms with E-state index < -0.39 is 0 Å². The van der Waals surface area contributed by atoms with Crippen LogP contribution in [0.5, 0.6) is 0 Å². The molecule has 0 aliphatic carbocycles. The van der Waals surface area contributed by atoms with Gasteiger partial charge in [0.05, 0.1) is 17.3 Å². The summed E-state index contributed by atoms with van der Waals surface area (Å²) >= 11 is 11.4. The van der Waals surface area contributed by atoms with Crippen LogP contribution in [-0.2, 0) is 4.74 Å². The Hall–Kier alpha value is -1.37. The lowest BCUT2D eigenvalue weighted by atomic mass is 10.2. The van der Waals surface area contributed by atoms with Crippen LogP contribution in [0.1, 0.15) is 18.4 Å². The van der Waals surface area contributed by atoms with E-state index in [1.165, 1.54) is 0 Å². The van der Waals surface area contributed by atoms with Crippen LogP contribution in [0.25, 0.3) is 0 Å². The van der Waals surface area contributed by atoms with Gasteiger partial charge in [-0.15, -0.1) is 0 Å². The standard InChI is InChI=1S/C15H21ClN4OS/c1-20(2)12-6-5-11(14(16)8-12)9-18-19-15(22)17-10-13-4-3-7-21-13/h5-6,8-9,13H,3-4,7,10H2,1-2H3,(H2,17,19,22)/b18-9+. The highest BCUT2D eigenvalue weighted by Gasteiger charge is 2.14. The fourth-order valence-corrected chi connectivity index (χ4v) is 2.47. The van der Waals surface area contributed by atoms with E-state index in [0.717, 1.165) is 30.7 Å². The number of anilines is 1. The minimum Gasteiger partial charge on any atom is -0.378 e. The van der Waals surface area contributed by atoms with Gasteiger partial charge in [0, 0.05) is 38.5 Å². The number of hydrogen-bond acceptors (Lipinski definition) is 4. The first-order valence-electron chi connectivity index (χ1n) is 7.21. The number of thiocarbonyl (C=S) groups is 1. The SMILES string of the molecule is CN(C)c1ccc(/C=N/NC(=S)NCC2CCCO2)c(Cl)c1. The lowest BCUT2D eigenvalue weighted by Gasteiger charge is -2.13. The maximum Gasteiger partial charge on any atom is 0.187 e. The van der Waals surface area contributed by atoms with E-state index in [1.807, 2.05) is 37.2 Å². The summed E-state index contributed by atoms with van der Waals surface area (Å²) in [5, 5.41) is 8.32. The molecule has 1 atom stereocenters. The fraction of sp³-hybridized carbons (Fsp3) is 0.467. The van der Waals surface area contributed by atoms with Crippen molar-refractivity contribution in [3.63, 3.8) is 0 Å². The van der Waals surface area contributed by atoms with Crippen molar-refractivity contribution in [3.05, 3.63) is 28.8 Å². The molecule has 1 aliphatic rings. The van der Waals surface area contributed by atoms with Gasteiger partial charge in [-0.3, -0.25) is 5.43 Å².